The lowest BCUT2D eigenvalue weighted by Crippen LogP contribution is -2.13. The van der Waals surface area contributed by atoms with Gasteiger partial charge in [-0.2, -0.15) is 0 Å². The summed E-state index contributed by atoms with van der Waals surface area (Å²) in [5, 5.41) is 5.85. The van der Waals surface area contributed by atoms with Crippen molar-refractivity contribution in [3.63, 3.8) is 0 Å². The largest absolute Gasteiger partial charge is 0.492 e. The van der Waals surface area contributed by atoms with Gasteiger partial charge in [0.05, 0.1) is 13.2 Å². The van der Waals surface area contributed by atoms with E-state index in [4.69, 9.17) is 9.47 Å². The molecule has 23 heavy (non-hydrogen) atoms. The quantitative estimate of drug-likeness (QED) is 0.727. The molecule has 2 rings (SSSR count). The highest BCUT2D eigenvalue weighted by Gasteiger charge is 2.00. The topological polar surface area (TPSA) is 85.4 Å². The molecule has 0 saturated carbocycles. The molecular formula is C16H20N4O3. The monoisotopic (exact) mass is 316 g/mol. The highest BCUT2D eigenvalue weighted by molar-refractivity contribution is 5.88. The minimum absolute atomic E-state index is 0.113. The predicted octanol–water partition coefficient (Wildman–Crippen LogP) is 2.32. The molecule has 1 amide bonds. The number of rotatable bonds is 8. The van der Waals surface area contributed by atoms with E-state index in [0.717, 1.165) is 0 Å². The van der Waals surface area contributed by atoms with Crippen LogP contribution >= 0.6 is 0 Å². The number of aromatic nitrogens is 2. The first-order valence-corrected chi connectivity index (χ1v) is 7.36. The highest BCUT2D eigenvalue weighted by atomic mass is 16.5. The van der Waals surface area contributed by atoms with Gasteiger partial charge in [0.15, 0.2) is 0 Å². The molecule has 7 nitrogen and oxygen atoms in total. The number of amides is 1. The maximum absolute atomic E-state index is 11.0. The van der Waals surface area contributed by atoms with Crippen LogP contribution in [-0.2, 0) is 4.79 Å². The second-order valence-electron chi connectivity index (χ2n) is 4.66. The zero-order valence-corrected chi connectivity index (χ0v) is 13.2. The van der Waals surface area contributed by atoms with Gasteiger partial charge in [0, 0.05) is 24.7 Å². The van der Waals surface area contributed by atoms with Crippen molar-refractivity contribution in [1.29, 1.82) is 0 Å². The van der Waals surface area contributed by atoms with Crippen LogP contribution in [0.15, 0.2) is 36.7 Å². The van der Waals surface area contributed by atoms with Crippen molar-refractivity contribution in [2.75, 3.05) is 30.4 Å². The third-order valence-corrected chi connectivity index (χ3v) is 2.77. The van der Waals surface area contributed by atoms with E-state index in [2.05, 4.69) is 20.6 Å². The SMILES string of the molecule is CCOc1cc(NCCOc2cccc(NC(C)=O)c2)ncn1. The number of carbonyl (C=O) groups is 1. The maximum Gasteiger partial charge on any atom is 0.221 e. The summed E-state index contributed by atoms with van der Waals surface area (Å²) >= 11 is 0. The number of benzene rings is 1. The Kier molecular flexibility index (Phi) is 6.17. The Balaban J connectivity index is 1.79. The number of nitrogens with zero attached hydrogens (tertiary/aromatic N) is 2. The van der Waals surface area contributed by atoms with Gasteiger partial charge in [0.25, 0.3) is 0 Å². The molecule has 1 aromatic heterocycles. The fraction of sp³-hybridized carbons (Fsp3) is 0.312. The Bertz CT molecular complexity index is 649. The van der Waals surface area contributed by atoms with E-state index in [9.17, 15) is 4.79 Å². The average Bonchev–Trinajstić information content (AvgIpc) is 2.52. The molecule has 0 unspecified atom stereocenters. The van der Waals surface area contributed by atoms with Gasteiger partial charge in [0.1, 0.15) is 24.5 Å². The van der Waals surface area contributed by atoms with Gasteiger partial charge in [0.2, 0.25) is 11.8 Å². The Labute approximate surface area is 135 Å². The van der Waals surface area contributed by atoms with Crippen LogP contribution in [-0.4, -0.2) is 35.6 Å². The van der Waals surface area contributed by atoms with Crippen LogP contribution in [0.2, 0.25) is 0 Å². The molecule has 0 aliphatic carbocycles. The van der Waals surface area contributed by atoms with Gasteiger partial charge in [-0.3, -0.25) is 4.79 Å². The maximum atomic E-state index is 11.0. The zero-order chi connectivity index (χ0) is 16.5. The van der Waals surface area contributed by atoms with Crippen molar-refractivity contribution < 1.29 is 14.3 Å². The van der Waals surface area contributed by atoms with Crippen molar-refractivity contribution >= 4 is 17.4 Å². The van der Waals surface area contributed by atoms with Crippen molar-refractivity contribution in [3.05, 3.63) is 36.7 Å². The smallest absolute Gasteiger partial charge is 0.221 e. The van der Waals surface area contributed by atoms with E-state index in [1.54, 1.807) is 12.1 Å². The Hall–Kier alpha value is -2.83. The van der Waals surface area contributed by atoms with E-state index in [0.29, 0.717) is 42.9 Å². The molecule has 0 aliphatic rings. The van der Waals surface area contributed by atoms with Gasteiger partial charge in [-0.05, 0) is 19.1 Å². The summed E-state index contributed by atoms with van der Waals surface area (Å²) < 4.78 is 10.9. The summed E-state index contributed by atoms with van der Waals surface area (Å²) in [7, 11) is 0. The molecule has 2 aromatic rings. The van der Waals surface area contributed by atoms with Crippen LogP contribution in [0.5, 0.6) is 11.6 Å². The first-order valence-electron chi connectivity index (χ1n) is 7.36. The standard InChI is InChI=1S/C16H20N4O3/c1-3-22-16-10-15(18-11-19-16)17-7-8-23-14-6-4-5-13(9-14)20-12(2)21/h4-6,9-11H,3,7-8H2,1-2H3,(H,20,21)(H,17,18,19). The minimum atomic E-state index is -0.113. The molecule has 2 N–H and O–H groups in total. The molecule has 0 atom stereocenters. The normalized spacial score (nSPS) is 10.0. The zero-order valence-electron chi connectivity index (χ0n) is 13.2. The summed E-state index contributed by atoms with van der Waals surface area (Å²) in [4.78, 5) is 19.1. The number of carbonyl (C=O) groups excluding carboxylic acids is 1. The molecule has 0 spiro atoms. The summed E-state index contributed by atoms with van der Waals surface area (Å²) in [5.74, 6) is 1.79. The third kappa shape index (κ3) is 5.82. The summed E-state index contributed by atoms with van der Waals surface area (Å²) in [5.41, 5.74) is 0.708. The lowest BCUT2D eigenvalue weighted by atomic mass is 10.3. The summed E-state index contributed by atoms with van der Waals surface area (Å²) in [6.45, 7) is 4.96. The third-order valence-electron chi connectivity index (χ3n) is 2.77. The molecule has 0 bridgehead atoms. The Morgan fingerprint density at radius 3 is 2.87 bits per heavy atom. The fourth-order valence-corrected chi connectivity index (χ4v) is 1.88. The van der Waals surface area contributed by atoms with Crippen molar-refractivity contribution in [2.24, 2.45) is 0 Å². The molecule has 122 valence electrons. The van der Waals surface area contributed by atoms with Crippen LogP contribution in [0, 0.1) is 0 Å². The second kappa shape index (κ2) is 8.57. The molecular weight excluding hydrogens is 296 g/mol. The average molecular weight is 316 g/mol. The minimum Gasteiger partial charge on any atom is -0.492 e. The van der Waals surface area contributed by atoms with Crippen LogP contribution in [0.3, 0.4) is 0 Å². The Morgan fingerprint density at radius 1 is 1.22 bits per heavy atom. The van der Waals surface area contributed by atoms with Crippen LogP contribution in [0.25, 0.3) is 0 Å². The first kappa shape index (κ1) is 16.5. The molecule has 1 heterocycles. The van der Waals surface area contributed by atoms with E-state index >= 15 is 0 Å². The van der Waals surface area contributed by atoms with Gasteiger partial charge < -0.3 is 20.1 Å². The summed E-state index contributed by atoms with van der Waals surface area (Å²) in [6.07, 6.45) is 1.45. The van der Waals surface area contributed by atoms with Gasteiger partial charge in [-0.25, -0.2) is 9.97 Å². The first-order chi connectivity index (χ1) is 11.2. The predicted molar refractivity (Wildman–Crippen MR) is 87.9 cm³/mol. The van der Waals surface area contributed by atoms with Crippen molar-refractivity contribution in [1.82, 2.24) is 9.97 Å². The van der Waals surface area contributed by atoms with E-state index in [1.807, 2.05) is 25.1 Å². The van der Waals surface area contributed by atoms with Crippen LogP contribution in [0.4, 0.5) is 11.5 Å². The molecule has 0 aliphatic heterocycles. The van der Waals surface area contributed by atoms with Gasteiger partial charge in [-0.15, -0.1) is 0 Å². The number of hydrogen-bond donors (Lipinski definition) is 2. The lowest BCUT2D eigenvalue weighted by molar-refractivity contribution is -0.114. The molecule has 0 radical (unpaired) electrons. The second-order valence-corrected chi connectivity index (χ2v) is 4.66. The van der Waals surface area contributed by atoms with E-state index in [-0.39, 0.29) is 5.91 Å². The van der Waals surface area contributed by atoms with Gasteiger partial charge in [-0.1, -0.05) is 6.07 Å². The van der Waals surface area contributed by atoms with Crippen molar-refractivity contribution in [2.45, 2.75) is 13.8 Å². The summed E-state index contributed by atoms with van der Waals surface area (Å²) in [6, 6.07) is 8.98. The number of anilines is 2. The van der Waals surface area contributed by atoms with E-state index < -0.39 is 0 Å². The Morgan fingerprint density at radius 2 is 2.09 bits per heavy atom. The van der Waals surface area contributed by atoms with Gasteiger partial charge >= 0.3 is 0 Å². The lowest BCUT2D eigenvalue weighted by Gasteiger charge is -2.10. The van der Waals surface area contributed by atoms with Crippen molar-refractivity contribution in [3.8, 4) is 11.6 Å². The number of hydrogen-bond acceptors (Lipinski definition) is 6. The highest BCUT2D eigenvalue weighted by Crippen LogP contribution is 2.17. The fourth-order valence-electron chi connectivity index (χ4n) is 1.88. The molecule has 1 aromatic carbocycles. The van der Waals surface area contributed by atoms with Crippen LogP contribution in [0.1, 0.15) is 13.8 Å². The van der Waals surface area contributed by atoms with E-state index in [1.165, 1.54) is 13.3 Å². The number of ether oxygens (including phenoxy) is 2. The molecule has 0 saturated heterocycles. The molecule has 7 heteroatoms. The van der Waals surface area contributed by atoms with Crippen LogP contribution < -0.4 is 20.1 Å². The number of nitrogens with one attached hydrogen (secondary N) is 2. The molecule has 0 fully saturated rings.